The van der Waals surface area contributed by atoms with Crippen LogP contribution in [0.3, 0.4) is 0 Å². The molecule has 2 heteroatoms. The number of aryl methyl sites for hydroxylation is 1. The van der Waals surface area contributed by atoms with Crippen LogP contribution in [0, 0.1) is 12.8 Å². The van der Waals surface area contributed by atoms with Gasteiger partial charge in [0.2, 0.25) is 0 Å². The molecular weight excluding hydrogens is 232 g/mol. The first kappa shape index (κ1) is 14.4. The zero-order chi connectivity index (χ0) is 12.8. The Kier molecular flexibility index (Phi) is 5.84. The Hall–Kier alpha value is -0.690. The Labute approximate surface area is 110 Å². The number of ether oxygens (including phenoxy) is 1. The van der Waals surface area contributed by atoms with E-state index in [-0.39, 0.29) is 5.38 Å². The summed E-state index contributed by atoms with van der Waals surface area (Å²) in [5.41, 5.74) is 2.37. The minimum atomic E-state index is 0.0383. The van der Waals surface area contributed by atoms with Crippen molar-refractivity contribution in [2.75, 3.05) is 6.61 Å². The van der Waals surface area contributed by atoms with E-state index >= 15 is 0 Å². The Morgan fingerprint density at radius 2 is 2.00 bits per heavy atom. The quantitative estimate of drug-likeness (QED) is 0.641. The number of hydrogen-bond acceptors (Lipinski definition) is 1. The topological polar surface area (TPSA) is 9.23 Å². The summed E-state index contributed by atoms with van der Waals surface area (Å²) >= 11 is 6.57. The van der Waals surface area contributed by atoms with E-state index in [1.54, 1.807) is 0 Å². The van der Waals surface area contributed by atoms with E-state index in [0.717, 1.165) is 17.7 Å². The molecule has 0 spiro atoms. The average molecular weight is 255 g/mol. The molecule has 0 heterocycles. The highest BCUT2D eigenvalue weighted by atomic mass is 35.5. The van der Waals surface area contributed by atoms with Gasteiger partial charge in [0.05, 0.1) is 12.0 Å². The van der Waals surface area contributed by atoms with Gasteiger partial charge in [-0.15, -0.1) is 11.6 Å². The normalized spacial score (nSPS) is 14.4. The van der Waals surface area contributed by atoms with Gasteiger partial charge in [-0.25, -0.2) is 0 Å². The molecule has 0 aromatic heterocycles. The fraction of sp³-hybridized carbons (Fsp3) is 0.600. The Balaban J connectivity index is 2.96. The summed E-state index contributed by atoms with van der Waals surface area (Å²) in [6.07, 6.45) is 2.31. The highest BCUT2D eigenvalue weighted by Gasteiger charge is 2.19. The molecule has 2 unspecified atom stereocenters. The first-order valence-corrected chi connectivity index (χ1v) is 6.91. The fourth-order valence-electron chi connectivity index (χ4n) is 2.08. The van der Waals surface area contributed by atoms with Crippen LogP contribution in [0.25, 0.3) is 0 Å². The van der Waals surface area contributed by atoms with E-state index in [9.17, 15) is 0 Å². The largest absolute Gasteiger partial charge is 0.494 e. The molecule has 17 heavy (non-hydrogen) atoms. The van der Waals surface area contributed by atoms with Crippen LogP contribution in [-0.2, 0) is 0 Å². The van der Waals surface area contributed by atoms with E-state index < -0.39 is 0 Å². The number of alkyl halides is 1. The molecule has 0 N–H and O–H groups in total. The van der Waals surface area contributed by atoms with Crippen molar-refractivity contribution in [3.63, 3.8) is 0 Å². The molecule has 0 aliphatic carbocycles. The molecule has 0 saturated carbocycles. The molecule has 1 aromatic carbocycles. The summed E-state index contributed by atoms with van der Waals surface area (Å²) in [5.74, 6) is 1.41. The maximum absolute atomic E-state index is 6.57. The van der Waals surface area contributed by atoms with Gasteiger partial charge < -0.3 is 4.74 Å². The van der Waals surface area contributed by atoms with Crippen LogP contribution in [-0.4, -0.2) is 6.61 Å². The molecule has 1 nitrogen and oxygen atoms in total. The van der Waals surface area contributed by atoms with E-state index in [2.05, 4.69) is 32.9 Å². The summed E-state index contributed by atoms with van der Waals surface area (Å²) in [6.45, 7) is 9.18. The first-order valence-electron chi connectivity index (χ1n) is 6.47. The molecule has 1 rings (SSSR count). The zero-order valence-corrected chi connectivity index (χ0v) is 12.1. The van der Waals surface area contributed by atoms with E-state index in [4.69, 9.17) is 16.3 Å². The second-order valence-electron chi connectivity index (χ2n) is 4.64. The Morgan fingerprint density at radius 3 is 2.59 bits per heavy atom. The third-order valence-electron chi connectivity index (χ3n) is 3.01. The molecule has 0 saturated heterocycles. The third kappa shape index (κ3) is 3.92. The van der Waals surface area contributed by atoms with Crippen molar-refractivity contribution < 1.29 is 4.74 Å². The number of hydrogen-bond donors (Lipinski definition) is 0. The van der Waals surface area contributed by atoms with Gasteiger partial charge in [-0.05, 0) is 32.3 Å². The monoisotopic (exact) mass is 254 g/mol. The predicted molar refractivity (Wildman–Crippen MR) is 75.0 cm³/mol. The fourth-order valence-corrected chi connectivity index (χ4v) is 2.38. The molecule has 96 valence electrons. The molecule has 0 amide bonds. The summed E-state index contributed by atoms with van der Waals surface area (Å²) in [5, 5.41) is 0.0383. The first-order chi connectivity index (χ1) is 8.10. The lowest BCUT2D eigenvalue weighted by Crippen LogP contribution is -2.07. The van der Waals surface area contributed by atoms with Gasteiger partial charge in [-0.1, -0.05) is 38.0 Å². The van der Waals surface area contributed by atoms with Gasteiger partial charge in [-0.2, -0.15) is 0 Å². The maximum Gasteiger partial charge on any atom is 0.123 e. The van der Waals surface area contributed by atoms with Crippen LogP contribution >= 0.6 is 11.6 Å². The highest BCUT2D eigenvalue weighted by Crippen LogP contribution is 2.37. The Morgan fingerprint density at radius 1 is 1.29 bits per heavy atom. The minimum Gasteiger partial charge on any atom is -0.494 e. The molecule has 0 fully saturated rings. The van der Waals surface area contributed by atoms with Crippen molar-refractivity contribution in [1.29, 1.82) is 0 Å². The van der Waals surface area contributed by atoms with E-state index in [0.29, 0.717) is 12.5 Å². The lowest BCUT2D eigenvalue weighted by Gasteiger charge is -2.21. The van der Waals surface area contributed by atoms with Crippen LogP contribution < -0.4 is 4.74 Å². The van der Waals surface area contributed by atoms with E-state index in [1.807, 2.05) is 13.0 Å². The van der Waals surface area contributed by atoms with Crippen molar-refractivity contribution in [2.45, 2.75) is 45.9 Å². The van der Waals surface area contributed by atoms with Gasteiger partial charge >= 0.3 is 0 Å². The number of halogens is 1. The molecule has 0 bridgehead atoms. The van der Waals surface area contributed by atoms with Crippen LogP contribution in [0.4, 0.5) is 0 Å². The highest BCUT2D eigenvalue weighted by molar-refractivity contribution is 6.21. The summed E-state index contributed by atoms with van der Waals surface area (Å²) in [7, 11) is 0. The van der Waals surface area contributed by atoms with Crippen LogP contribution in [0.5, 0.6) is 5.75 Å². The smallest absolute Gasteiger partial charge is 0.123 e. The molecule has 2 atom stereocenters. The Bertz CT molecular complexity index is 349. The lowest BCUT2D eigenvalue weighted by atomic mass is 9.95. The predicted octanol–water partition coefficient (Wildman–Crippen LogP) is 5.11. The standard InChI is InChI=1S/C15H23ClO/c1-5-7-12(4)15(16)13-10-11(3)8-9-14(13)17-6-2/h8-10,12,15H,5-7H2,1-4H3. The second kappa shape index (κ2) is 6.90. The molecule has 0 aliphatic heterocycles. The number of benzene rings is 1. The van der Waals surface area contributed by atoms with Crippen molar-refractivity contribution in [3.8, 4) is 5.75 Å². The second-order valence-corrected chi connectivity index (χ2v) is 5.11. The minimum absolute atomic E-state index is 0.0383. The molecule has 0 radical (unpaired) electrons. The van der Waals surface area contributed by atoms with E-state index in [1.165, 1.54) is 12.0 Å². The van der Waals surface area contributed by atoms with Gasteiger partial charge in [0.15, 0.2) is 0 Å². The molecule has 0 aliphatic rings. The number of rotatable bonds is 6. The average Bonchev–Trinajstić information content (AvgIpc) is 2.31. The lowest BCUT2D eigenvalue weighted by molar-refractivity contribution is 0.333. The van der Waals surface area contributed by atoms with Crippen molar-refractivity contribution in [1.82, 2.24) is 0 Å². The summed E-state index contributed by atoms with van der Waals surface area (Å²) in [6, 6.07) is 6.25. The summed E-state index contributed by atoms with van der Waals surface area (Å²) in [4.78, 5) is 0. The van der Waals surface area contributed by atoms with Gasteiger partial charge in [0, 0.05) is 5.56 Å². The molecule has 1 aromatic rings. The third-order valence-corrected chi connectivity index (χ3v) is 3.67. The van der Waals surface area contributed by atoms with Gasteiger partial charge in [0.25, 0.3) is 0 Å². The van der Waals surface area contributed by atoms with Crippen molar-refractivity contribution in [2.24, 2.45) is 5.92 Å². The van der Waals surface area contributed by atoms with Crippen LogP contribution in [0.1, 0.15) is 50.1 Å². The van der Waals surface area contributed by atoms with Crippen molar-refractivity contribution in [3.05, 3.63) is 29.3 Å². The van der Waals surface area contributed by atoms with Crippen molar-refractivity contribution >= 4 is 11.6 Å². The molecular formula is C15H23ClO. The van der Waals surface area contributed by atoms with Gasteiger partial charge in [-0.3, -0.25) is 0 Å². The van der Waals surface area contributed by atoms with Crippen LogP contribution in [0.2, 0.25) is 0 Å². The maximum atomic E-state index is 6.57. The van der Waals surface area contributed by atoms with Gasteiger partial charge in [0.1, 0.15) is 5.75 Å². The van der Waals surface area contributed by atoms with Crippen LogP contribution in [0.15, 0.2) is 18.2 Å². The SMILES string of the molecule is CCCC(C)C(Cl)c1cc(C)ccc1OCC. The zero-order valence-electron chi connectivity index (χ0n) is 11.3. The summed E-state index contributed by atoms with van der Waals surface area (Å²) < 4.78 is 5.66.